The molecule has 7 heteroatoms. The molecule has 2 aromatic carbocycles. The molecule has 28 heavy (non-hydrogen) atoms. The third-order valence-electron chi connectivity index (χ3n) is 4.55. The van der Waals surface area contributed by atoms with Crippen LogP contribution in [0.25, 0.3) is 27.9 Å². The number of benzene rings is 2. The molecule has 0 aliphatic carbocycles. The Morgan fingerprint density at radius 3 is 2.61 bits per heavy atom. The minimum Gasteiger partial charge on any atom is -0.496 e. The van der Waals surface area contributed by atoms with Crippen molar-refractivity contribution in [3.63, 3.8) is 0 Å². The Bertz CT molecular complexity index is 1100. The molecular weight excluding hydrogens is 352 g/mol. The molecular formula is C21H24N6O. The maximum atomic E-state index is 5.54. The van der Waals surface area contributed by atoms with E-state index in [0.717, 1.165) is 41.0 Å². The quantitative estimate of drug-likeness (QED) is 0.482. The molecule has 0 radical (unpaired) electrons. The fourth-order valence-corrected chi connectivity index (χ4v) is 3.24. The molecule has 0 aliphatic heterocycles. The predicted octanol–water partition coefficient (Wildman–Crippen LogP) is 3.36. The van der Waals surface area contributed by atoms with E-state index >= 15 is 0 Å². The van der Waals surface area contributed by atoms with Crippen molar-refractivity contribution in [1.29, 1.82) is 0 Å². The monoisotopic (exact) mass is 376 g/mol. The minimum absolute atomic E-state index is 0.436. The number of hydrogen-bond acceptors (Lipinski definition) is 6. The summed E-state index contributed by atoms with van der Waals surface area (Å²) in [6.45, 7) is 5.83. The maximum Gasteiger partial charge on any atom is 0.211 e. The molecule has 7 nitrogen and oxygen atoms in total. The SMILES string of the molecule is COc1ccccc1-c1nnc2c3ccccc3nc(NCCNC(C)C)n12. The number of rotatable bonds is 7. The molecule has 0 fully saturated rings. The number of anilines is 1. The number of fused-ring (bicyclic) bond motifs is 3. The van der Waals surface area contributed by atoms with Crippen molar-refractivity contribution < 1.29 is 4.74 Å². The van der Waals surface area contributed by atoms with Gasteiger partial charge in [0.1, 0.15) is 5.75 Å². The summed E-state index contributed by atoms with van der Waals surface area (Å²) in [6, 6.07) is 16.2. The van der Waals surface area contributed by atoms with Crippen LogP contribution in [-0.4, -0.2) is 45.8 Å². The fourth-order valence-electron chi connectivity index (χ4n) is 3.24. The minimum atomic E-state index is 0.436. The lowest BCUT2D eigenvalue weighted by Gasteiger charge is -2.13. The van der Waals surface area contributed by atoms with E-state index in [1.165, 1.54) is 0 Å². The molecule has 144 valence electrons. The van der Waals surface area contributed by atoms with Gasteiger partial charge in [-0.05, 0) is 24.3 Å². The normalized spacial score (nSPS) is 11.4. The van der Waals surface area contributed by atoms with Crippen molar-refractivity contribution in [2.45, 2.75) is 19.9 Å². The zero-order chi connectivity index (χ0) is 19.5. The molecule has 4 aromatic rings. The largest absolute Gasteiger partial charge is 0.496 e. The number of para-hydroxylation sites is 2. The summed E-state index contributed by atoms with van der Waals surface area (Å²) in [6.07, 6.45) is 0. The molecule has 2 N–H and O–H groups in total. The Labute approximate surface area is 163 Å². The number of nitrogens with zero attached hydrogens (tertiary/aromatic N) is 4. The zero-order valence-electron chi connectivity index (χ0n) is 16.3. The molecule has 0 aliphatic rings. The van der Waals surface area contributed by atoms with Crippen molar-refractivity contribution in [3.8, 4) is 17.1 Å². The van der Waals surface area contributed by atoms with E-state index in [9.17, 15) is 0 Å². The molecule has 0 saturated heterocycles. The van der Waals surface area contributed by atoms with Gasteiger partial charge in [-0.15, -0.1) is 10.2 Å². The number of nitrogens with one attached hydrogen (secondary N) is 2. The molecule has 0 unspecified atom stereocenters. The molecule has 0 bridgehead atoms. The second-order valence-corrected chi connectivity index (χ2v) is 6.87. The van der Waals surface area contributed by atoms with E-state index in [4.69, 9.17) is 9.72 Å². The van der Waals surface area contributed by atoms with Crippen molar-refractivity contribution >= 4 is 22.5 Å². The summed E-state index contributed by atoms with van der Waals surface area (Å²) in [5.74, 6) is 2.16. The van der Waals surface area contributed by atoms with E-state index in [2.05, 4.69) is 34.7 Å². The number of ether oxygens (including phenoxy) is 1. The molecule has 4 rings (SSSR count). The highest BCUT2D eigenvalue weighted by Gasteiger charge is 2.18. The van der Waals surface area contributed by atoms with Gasteiger partial charge in [-0.3, -0.25) is 0 Å². The van der Waals surface area contributed by atoms with Gasteiger partial charge in [-0.2, -0.15) is 0 Å². The maximum absolute atomic E-state index is 5.54. The van der Waals surface area contributed by atoms with Gasteiger partial charge in [0.05, 0.1) is 18.2 Å². The lowest BCUT2D eigenvalue weighted by Crippen LogP contribution is -2.28. The summed E-state index contributed by atoms with van der Waals surface area (Å²) < 4.78 is 7.51. The van der Waals surface area contributed by atoms with Crippen molar-refractivity contribution in [2.24, 2.45) is 0 Å². The first-order valence-electron chi connectivity index (χ1n) is 9.43. The van der Waals surface area contributed by atoms with Crippen LogP contribution >= 0.6 is 0 Å². The average Bonchev–Trinajstić information content (AvgIpc) is 3.16. The van der Waals surface area contributed by atoms with Crippen LogP contribution in [0.4, 0.5) is 5.95 Å². The smallest absolute Gasteiger partial charge is 0.211 e. The Morgan fingerprint density at radius 2 is 1.79 bits per heavy atom. The summed E-state index contributed by atoms with van der Waals surface area (Å²) in [5, 5.41) is 16.8. The highest BCUT2D eigenvalue weighted by atomic mass is 16.5. The van der Waals surface area contributed by atoms with Crippen LogP contribution in [0, 0.1) is 0 Å². The van der Waals surface area contributed by atoms with Crippen molar-refractivity contribution in [1.82, 2.24) is 24.9 Å². The second kappa shape index (κ2) is 7.82. The summed E-state index contributed by atoms with van der Waals surface area (Å²) in [7, 11) is 1.66. The van der Waals surface area contributed by atoms with Gasteiger partial charge in [0.15, 0.2) is 11.5 Å². The molecule has 0 saturated carbocycles. The van der Waals surface area contributed by atoms with E-state index in [-0.39, 0.29) is 0 Å². The van der Waals surface area contributed by atoms with Gasteiger partial charge >= 0.3 is 0 Å². The first-order valence-corrected chi connectivity index (χ1v) is 9.43. The predicted molar refractivity (Wildman–Crippen MR) is 112 cm³/mol. The molecule has 0 atom stereocenters. The van der Waals surface area contributed by atoms with Crippen LogP contribution in [0.15, 0.2) is 48.5 Å². The van der Waals surface area contributed by atoms with E-state index in [1.807, 2.05) is 52.9 Å². The Morgan fingerprint density at radius 1 is 1.00 bits per heavy atom. The van der Waals surface area contributed by atoms with E-state index in [0.29, 0.717) is 17.8 Å². The zero-order valence-corrected chi connectivity index (χ0v) is 16.3. The van der Waals surface area contributed by atoms with Crippen LogP contribution in [0.3, 0.4) is 0 Å². The van der Waals surface area contributed by atoms with Gasteiger partial charge in [0.25, 0.3) is 0 Å². The topological polar surface area (TPSA) is 76.4 Å². The van der Waals surface area contributed by atoms with Gasteiger partial charge in [-0.1, -0.05) is 38.1 Å². The van der Waals surface area contributed by atoms with E-state index < -0.39 is 0 Å². The second-order valence-electron chi connectivity index (χ2n) is 6.87. The lowest BCUT2D eigenvalue weighted by molar-refractivity contribution is 0.416. The van der Waals surface area contributed by atoms with E-state index in [1.54, 1.807) is 7.11 Å². The molecule has 0 spiro atoms. The van der Waals surface area contributed by atoms with Crippen molar-refractivity contribution in [2.75, 3.05) is 25.5 Å². The molecule has 2 aromatic heterocycles. The van der Waals surface area contributed by atoms with Gasteiger partial charge < -0.3 is 15.4 Å². The van der Waals surface area contributed by atoms with Gasteiger partial charge in [0.2, 0.25) is 5.95 Å². The fraction of sp³-hybridized carbons (Fsp3) is 0.286. The summed E-state index contributed by atoms with van der Waals surface area (Å²) >= 11 is 0. The van der Waals surface area contributed by atoms with Gasteiger partial charge in [0, 0.05) is 24.5 Å². The van der Waals surface area contributed by atoms with Crippen LogP contribution in [0.5, 0.6) is 5.75 Å². The number of methoxy groups -OCH3 is 1. The van der Waals surface area contributed by atoms with Crippen molar-refractivity contribution in [3.05, 3.63) is 48.5 Å². The Balaban J connectivity index is 1.86. The van der Waals surface area contributed by atoms with Crippen LogP contribution in [-0.2, 0) is 0 Å². The highest BCUT2D eigenvalue weighted by molar-refractivity contribution is 5.93. The van der Waals surface area contributed by atoms with Crippen LogP contribution < -0.4 is 15.4 Å². The Kier molecular flexibility index (Phi) is 5.08. The third kappa shape index (κ3) is 3.36. The average molecular weight is 376 g/mol. The molecule has 0 amide bonds. The first-order chi connectivity index (χ1) is 13.7. The van der Waals surface area contributed by atoms with Gasteiger partial charge in [-0.25, -0.2) is 9.38 Å². The number of aromatic nitrogens is 4. The Hall–Kier alpha value is -3.19. The standard InChI is InChI=1S/C21H24N6O/c1-14(2)22-12-13-23-21-24-17-10-6-4-8-15(17)19-25-26-20(27(19)21)16-9-5-7-11-18(16)28-3/h4-11,14,22H,12-13H2,1-3H3,(H,23,24). The van der Waals surface area contributed by atoms with Crippen LogP contribution in [0.2, 0.25) is 0 Å². The summed E-state index contributed by atoms with van der Waals surface area (Å²) in [5.41, 5.74) is 2.53. The third-order valence-corrected chi connectivity index (χ3v) is 4.55. The number of hydrogen-bond donors (Lipinski definition) is 2. The first kappa shape index (κ1) is 18.2. The highest BCUT2D eigenvalue weighted by Crippen LogP contribution is 2.31. The summed E-state index contributed by atoms with van der Waals surface area (Å²) in [4.78, 5) is 4.84. The van der Waals surface area contributed by atoms with Crippen LogP contribution in [0.1, 0.15) is 13.8 Å². The molecule has 2 heterocycles. The lowest BCUT2D eigenvalue weighted by atomic mass is 10.2.